The summed E-state index contributed by atoms with van der Waals surface area (Å²) in [6.45, 7) is 1.94. The molecule has 1 N–H and O–H groups in total. The summed E-state index contributed by atoms with van der Waals surface area (Å²) in [4.78, 5) is 27.2. The molecule has 34 heavy (non-hydrogen) atoms. The molecule has 1 fully saturated rings. The van der Waals surface area contributed by atoms with Crippen molar-refractivity contribution in [1.29, 1.82) is 0 Å². The van der Waals surface area contributed by atoms with Crippen LogP contribution in [0.2, 0.25) is 0 Å². The Kier molecular flexibility index (Phi) is 6.14. The molecule has 2 amide bonds. The SMILES string of the molecule is Cc1ccc(C(=O)NN2C(=O)C(=Cc3cn(-c4ccccc4)nc3-c3cccs3)SC2=S)cc1. The molecule has 0 unspecified atom stereocenters. The van der Waals surface area contributed by atoms with Crippen LogP contribution >= 0.6 is 35.3 Å². The fourth-order valence-corrected chi connectivity index (χ4v) is 5.29. The molecule has 4 aromatic rings. The van der Waals surface area contributed by atoms with Crippen LogP contribution in [0, 0.1) is 6.92 Å². The molecule has 2 aromatic heterocycles. The van der Waals surface area contributed by atoms with Gasteiger partial charge in [0.25, 0.3) is 11.8 Å². The van der Waals surface area contributed by atoms with Crippen molar-refractivity contribution in [2.24, 2.45) is 0 Å². The number of hydrogen-bond donors (Lipinski definition) is 1. The van der Waals surface area contributed by atoms with Crippen molar-refractivity contribution in [3.63, 3.8) is 0 Å². The molecule has 1 aliphatic rings. The molecule has 1 saturated heterocycles. The van der Waals surface area contributed by atoms with Crippen molar-refractivity contribution < 1.29 is 9.59 Å². The van der Waals surface area contributed by atoms with Crippen LogP contribution in [0.4, 0.5) is 0 Å². The molecule has 168 valence electrons. The van der Waals surface area contributed by atoms with Gasteiger partial charge >= 0.3 is 0 Å². The number of benzene rings is 2. The molecule has 3 heterocycles. The van der Waals surface area contributed by atoms with E-state index in [1.54, 1.807) is 34.2 Å². The van der Waals surface area contributed by atoms with Gasteiger partial charge < -0.3 is 0 Å². The minimum atomic E-state index is -0.395. The van der Waals surface area contributed by atoms with Gasteiger partial charge in [0.2, 0.25) is 0 Å². The molecule has 6 nitrogen and oxygen atoms in total. The highest BCUT2D eigenvalue weighted by Crippen LogP contribution is 2.35. The van der Waals surface area contributed by atoms with E-state index in [4.69, 9.17) is 17.3 Å². The molecule has 0 radical (unpaired) electrons. The molecule has 9 heteroatoms. The number of rotatable bonds is 5. The highest BCUT2D eigenvalue weighted by atomic mass is 32.2. The Morgan fingerprint density at radius 1 is 1.06 bits per heavy atom. The van der Waals surface area contributed by atoms with E-state index in [0.29, 0.717) is 10.5 Å². The maximum Gasteiger partial charge on any atom is 0.285 e. The van der Waals surface area contributed by atoms with Crippen LogP contribution in [0.1, 0.15) is 21.5 Å². The third kappa shape index (κ3) is 4.45. The fourth-order valence-electron chi connectivity index (χ4n) is 3.39. The molecular weight excluding hydrogens is 485 g/mol. The lowest BCUT2D eigenvalue weighted by Gasteiger charge is -2.15. The number of amides is 2. The van der Waals surface area contributed by atoms with Gasteiger partial charge in [0.1, 0.15) is 5.69 Å². The van der Waals surface area contributed by atoms with Gasteiger partial charge in [-0.25, -0.2) is 4.68 Å². The minimum absolute atomic E-state index is 0.268. The molecule has 0 atom stereocenters. The van der Waals surface area contributed by atoms with Gasteiger partial charge in [-0.15, -0.1) is 11.3 Å². The zero-order valence-electron chi connectivity index (χ0n) is 18.0. The first-order chi connectivity index (χ1) is 16.5. The topological polar surface area (TPSA) is 67.2 Å². The van der Waals surface area contributed by atoms with E-state index in [1.807, 2.05) is 73.1 Å². The summed E-state index contributed by atoms with van der Waals surface area (Å²) < 4.78 is 2.06. The summed E-state index contributed by atoms with van der Waals surface area (Å²) in [6, 6.07) is 20.8. The zero-order chi connectivity index (χ0) is 23.7. The maximum atomic E-state index is 13.1. The first-order valence-corrected chi connectivity index (χ1v) is 12.4. The van der Waals surface area contributed by atoms with Crippen LogP contribution in [0.25, 0.3) is 22.3 Å². The summed E-state index contributed by atoms with van der Waals surface area (Å²) in [5.41, 5.74) is 6.60. The lowest BCUT2D eigenvalue weighted by Crippen LogP contribution is -2.44. The predicted molar refractivity (Wildman–Crippen MR) is 141 cm³/mol. The second-order valence-corrected chi connectivity index (χ2v) is 10.1. The number of thiocarbonyl (C=S) groups is 1. The zero-order valence-corrected chi connectivity index (χ0v) is 20.4. The number of nitrogens with zero attached hydrogens (tertiary/aromatic N) is 3. The van der Waals surface area contributed by atoms with Crippen molar-refractivity contribution in [3.8, 4) is 16.3 Å². The molecule has 0 spiro atoms. The van der Waals surface area contributed by atoms with Gasteiger partial charge in [-0.05, 0) is 60.9 Å². The van der Waals surface area contributed by atoms with E-state index < -0.39 is 5.91 Å². The molecule has 2 aromatic carbocycles. The number of aryl methyl sites for hydroxylation is 1. The lowest BCUT2D eigenvalue weighted by molar-refractivity contribution is -0.123. The Hall–Kier alpha value is -3.53. The number of hydrogen-bond acceptors (Lipinski definition) is 6. The summed E-state index contributed by atoms with van der Waals surface area (Å²) in [6.07, 6.45) is 3.67. The summed E-state index contributed by atoms with van der Waals surface area (Å²) in [5, 5.41) is 7.88. The lowest BCUT2D eigenvalue weighted by atomic mass is 10.1. The van der Waals surface area contributed by atoms with Crippen LogP contribution in [-0.4, -0.2) is 30.9 Å². The number of aromatic nitrogens is 2. The highest BCUT2D eigenvalue weighted by molar-refractivity contribution is 8.26. The molecule has 0 saturated carbocycles. The summed E-state index contributed by atoms with van der Waals surface area (Å²) >= 11 is 8.11. The predicted octanol–water partition coefficient (Wildman–Crippen LogP) is 5.46. The van der Waals surface area contributed by atoms with Crippen molar-refractivity contribution in [2.45, 2.75) is 6.92 Å². The Morgan fingerprint density at radius 3 is 2.53 bits per heavy atom. The quantitative estimate of drug-likeness (QED) is 0.290. The number of nitrogens with one attached hydrogen (secondary N) is 1. The normalized spacial score (nSPS) is 14.7. The van der Waals surface area contributed by atoms with Gasteiger partial charge in [0, 0.05) is 17.3 Å². The van der Waals surface area contributed by atoms with Crippen LogP contribution < -0.4 is 5.43 Å². The Labute approximate surface area is 209 Å². The smallest absolute Gasteiger partial charge is 0.267 e. The average Bonchev–Trinajstić information content (AvgIpc) is 3.57. The monoisotopic (exact) mass is 502 g/mol. The van der Waals surface area contributed by atoms with Crippen molar-refractivity contribution in [2.75, 3.05) is 0 Å². The number of carbonyl (C=O) groups is 2. The fraction of sp³-hybridized carbons (Fsp3) is 0.0400. The third-order valence-corrected chi connectivity index (χ3v) is 7.30. The third-order valence-electron chi connectivity index (χ3n) is 5.13. The van der Waals surface area contributed by atoms with Gasteiger partial charge in [0.05, 0.1) is 15.5 Å². The summed E-state index contributed by atoms with van der Waals surface area (Å²) in [5.74, 6) is -0.770. The van der Waals surface area contributed by atoms with Gasteiger partial charge in [0.15, 0.2) is 4.32 Å². The number of thioether (sulfide) groups is 1. The Bertz CT molecular complexity index is 1410. The van der Waals surface area contributed by atoms with Crippen molar-refractivity contribution in [1.82, 2.24) is 20.2 Å². The Morgan fingerprint density at radius 2 is 1.82 bits per heavy atom. The standard InChI is InChI=1S/C25H18N4O2S3/c1-16-9-11-17(12-10-16)23(30)27-29-24(31)21(34-25(29)32)14-18-15-28(19-6-3-2-4-7-19)26-22(18)20-8-5-13-33-20/h2-15H,1H3,(H,27,30). The van der Waals surface area contributed by atoms with Crippen molar-refractivity contribution in [3.05, 3.63) is 99.9 Å². The van der Waals surface area contributed by atoms with E-state index in [1.165, 1.54) is 0 Å². The van der Waals surface area contributed by atoms with Crippen LogP contribution in [0.15, 0.2) is 83.2 Å². The highest BCUT2D eigenvalue weighted by Gasteiger charge is 2.34. The molecule has 0 bridgehead atoms. The summed E-state index contributed by atoms with van der Waals surface area (Å²) in [7, 11) is 0. The number of hydrazine groups is 1. The number of carbonyl (C=O) groups excluding carboxylic acids is 2. The van der Waals surface area contributed by atoms with E-state index >= 15 is 0 Å². The molecule has 1 aliphatic heterocycles. The first-order valence-electron chi connectivity index (χ1n) is 10.3. The minimum Gasteiger partial charge on any atom is -0.267 e. The molecule has 5 rings (SSSR count). The van der Waals surface area contributed by atoms with E-state index in [-0.39, 0.29) is 10.2 Å². The Balaban J connectivity index is 1.45. The van der Waals surface area contributed by atoms with E-state index in [0.717, 1.165) is 44.2 Å². The van der Waals surface area contributed by atoms with Crippen LogP contribution in [-0.2, 0) is 4.79 Å². The van der Waals surface area contributed by atoms with Crippen molar-refractivity contribution >= 4 is 57.5 Å². The molecule has 0 aliphatic carbocycles. The number of para-hydroxylation sites is 1. The van der Waals surface area contributed by atoms with Gasteiger partial charge in [-0.2, -0.15) is 10.1 Å². The maximum absolute atomic E-state index is 13.1. The van der Waals surface area contributed by atoms with E-state index in [2.05, 4.69) is 5.43 Å². The van der Waals surface area contributed by atoms with Crippen LogP contribution in [0.5, 0.6) is 0 Å². The molecular formula is C25H18N4O2S3. The van der Waals surface area contributed by atoms with Crippen LogP contribution in [0.3, 0.4) is 0 Å². The van der Waals surface area contributed by atoms with Gasteiger partial charge in [-0.1, -0.05) is 53.7 Å². The van der Waals surface area contributed by atoms with E-state index in [9.17, 15) is 9.59 Å². The second-order valence-electron chi connectivity index (χ2n) is 7.51. The second kappa shape index (κ2) is 9.38. The van der Waals surface area contributed by atoms with Gasteiger partial charge in [-0.3, -0.25) is 15.0 Å². The first kappa shape index (κ1) is 22.3. The average molecular weight is 503 g/mol. The largest absolute Gasteiger partial charge is 0.285 e. The number of thiophene rings is 1.